The second-order valence-corrected chi connectivity index (χ2v) is 8.74. The van der Waals surface area contributed by atoms with E-state index in [2.05, 4.69) is 35.0 Å². The molecular formula is C25H28N4O3S. The first-order valence-corrected chi connectivity index (χ1v) is 11.9. The van der Waals surface area contributed by atoms with Gasteiger partial charge >= 0.3 is 0 Å². The first kappa shape index (κ1) is 22.9. The van der Waals surface area contributed by atoms with Crippen LogP contribution in [0.3, 0.4) is 0 Å². The first-order chi connectivity index (χ1) is 16.1. The van der Waals surface area contributed by atoms with Crippen molar-refractivity contribution in [1.29, 1.82) is 0 Å². The van der Waals surface area contributed by atoms with Crippen LogP contribution in [-0.2, 0) is 24.3 Å². The van der Waals surface area contributed by atoms with Crippen LogP contribution in [0.1, 0.15) is 30.0 Å². The Labute approximate surface area is 198 Å². The fourth-order valence-electron chi connectivity index (χ4n) is 3.85. The quantitative estimate of drug-likeness (QED) is 0.348. The standard InChI is InChI=1S/C25H28N4O3S/c1-4-14-29-24(18(2)32-22-11-9-21(31-3)10-12-22)26-27-25(29)33-17-23(30)28-15-13-19-7-5-6-8-20(19)16-28/h4-12,18H,1,13-17H2,2-3H3. The third-order valence-electron chi connectivity index (χ3n) is 5.60. The van der Waals surface area contributed by atoms with E-state index in [1.165, 1.54) is 22.9 Å². The zero-order chi connectivity index (χ0) is 23.2. The minimum absolute atomic E-state index is 0.103. The number of benzene rings is 2. The molecule has 1 aliphatic heterocycles. The molecule has 1 unspecified atom stereocenters. The van der Waals surface area contributed by atoms with Gasteiger partial charge in [-0.2, -0.15) is 0 Å². The van der Waals surface area contributed by atoms with Crippen molar-refractivity contribution in [2.45, 2.75) is 37.7 Å². The maximum Gasteiger partial charge on any atom is 0.233 e. The van der Waals surface area contributed by atoms with E-state index in [0.717, 1.165) is 18.7 Å². The molecule has 1 aliphatic rings. The van der Waals surface area contributed by atoms with E-state index in [1.54, 1.807) is 13.2 Å². The van der Waals surface area contributed by atoms with Crippen molar-refractivity contribution >= 4 is 17.7 Å². The SMILES string of the molecule is C=CCn1c(SCC(=O)N2CCc3ccccc3C2)nnc1C(C)Oc1ccc(OC)cc1. The van der Waals surface area contributed by atoms with E-state index >= 15 is 0 Å². The van der Waals surface area contributed by atoms with Crippen molar-refractivity contribution in [2.75, 3.05) is 19.4 Å². The van der Waals surface area contributed by atoms with Crippen molar-refractivity contribution in [3.05, 3.63) is 78.1 Å². The predicted octanol–water partition coefficient (Wildman–Crippen LogP) is 4.29. The van der Waals surface area contributed by atoms with Gasteiger partial charge in [0, 0.05) is 19.6 Å². The number of fused-ring (bicyclic) bond motifs is 1. The molecule has 7 nitrogen and oxygen atoms in total. The third-order valence-corrected chi connectivity index (χ3v) is 6.55. The van der Waals surface area contributed by atoms with Crippen molar-refractivity contribution < 1.29 is 14.3 Å². The van der Waals surface area contributed by atoms with Gasteiger partial charge in [-0.3, -0.25) is 9.36 Å². The molecule has 0 radical (unpaired) electrons. The summed E-state index contributed by atoms with van der Waals surface area (Å²) in [7, 11) is 1.63. The molecule has 33 heavy (non-hydrogen) atoms. The van der Waals surface area contributed by atoms with E-state index in [-0.39, 0.29) is 12.0 Å². The molecule has 2 heterocycles. The van der Waals surface area contributed by atoms with E-state index in [9.17, 15) is 4.79 Å². The van der Waals surface area contributed by atoms with Gasteiger partial charge in [-0.25, -0.2) is 0 Å². The van der Waals surface area contributed by atoms with Gasteiger partial charge in [0.2, 0.25) is 5.91 Å². The fourth-order valence-corrected chi connectivity index (χ4v) is 4.70. The van der Waals surface area contributed by atoms with Gasteiger partial charge in [0.1, 0.15) is 11.5 Å². The highest BCUT2D eigenvalue weighted by Crippen LogP contribution is 2.27. The number of hydrogen-bond acceptors (Lipinski definition) is 6. The van der Waals surface area contributed by atoms with Gasteiger partial charge in [0.15, 0.2) is 17.1 Å². The van der Waals surface area contributed by atoms with E-state index in [1.807, 2.05) is 46.7 Å². The highest BCUT2D eigenvalue weighted by molar-refractivity contribution is 7.99. The lowest BCUT2D eigenvalue weighted by atomic mass is 10.00. The summed E-state index contributed by atoms with van der Waals surface area (Å²) in [5, 5.41) is 9.37. The number of amides is 1. The zero-order valence-corrected chi connectivity index (χ0v) is 19.8. The van der Waals surface area contributed by atoms with Crippen molar-refractivity contribution in [3.63, 3.8) is 0 Å². The second-order valence-electron chi connectivity index (χ2n) is 7.80. The summed E-state index contributed by atoms with van der Waals surface area (Å²) < 4.78 is 13.2. The van der Waals surface area contributed by atoms with E-state index in [4.69, 9.17) is 9.47 Å². The largest absolute Gasteiger partial charge is 0.497 e. The normalized spacial score (nSPS) is 13.8. The topological polar surface area (TPSA) is 69.5 Å². The Kier molecular flexibility index (Phi) is 7.34. The maximum absolute atomic E-state index is 12.9. The minimum Gasteiger partial charge on any atom is -0.497 e. The Morgan fingerprint density at radius 3 is 2.61 bits per heavy atom. The van der Waals surface area contributed by atoms with Crippen LogP contribution in [0, 0.1) is 0 Å². The first-order valence-electron chi connectivity index (χ1n) is 10.9. The third kappa shape index (κ3) is 5.39. The molecule has 3 aromatic rings. The van der Waals surface area contributed by atoms with Crippen LogP contribution in [-0.4, -0.2) is 45.0 Å². The molecule has 0 fully saturated rings. The number of carbonyl (C=O) groups excluding carboxylic acids is 1. The van der Waals surface area contributed by atoms with E-state index < -0.39 is 0 Å². The summed E-state index contributed by atoms with van der Waals surface area (Å²) >= 11 is 1.40. The average molecular weight is 465 g/mol. The summed E-state index contributed by atoms with van der Waals surface area (Å²) in [4.78, 5) is 14.8. The molecule has 0 saturated heterocycles. The van der Waals surface area contributed by atoms with Crippen LogP contribution >= 0.6 is 11.8 Å². The number of aromatic nitrogens is 3. The van der Waals surface area contributed by atoms with E-state index in [0.29, 0.717) is 35.6 Å². The van der Waals surface area contributed by atoms with Crippen molar-refractivity contribution in [2.24, 2.45) is 0 Å². The Balaban J connectivity index is 1.40. The van der Waals surface area contributed by atoms with Crippen LogP contribution in [0.4, 0.5) is 0 Å². The highest BCUT2D eigenvalue weighted by atomic mass is 32.2. The predicted molar refractivity (Wildman–Crippen MR) is 129 cm³/mol. The number of nitrogens with zero attached hydrogens (tertiary/aromatic N) is 4. The molecule has 172 valence electrons. The van der Waals surface area contributed by atoms with Crippen LogP contribution in [0.15, 0.2) is 66.3 Å². The number of carbonyl (C=O) groups is 1. The summed E-state index contributed by atoms with van der Waals surface area (Å²) in [5.41, 5.74) is 2.55. The number of allylic oxidation sites excluding steroid dienone is 1. The number of thioether (sulfide) groups is 1. The lowest BCUT2D eigenvalue weighted by Crippen LogP contribution is -2.37. The summed E-state index contributed by atoms with van der Waals surface area (Å²) in [6.45, 7) is 7.72. The Bertz CT molecular complexity index is 1110. The summed E-state index contributed by atoms with van der Waals surface area (Å²) in [6, 6.07) is 15.7. The lowest BCUT2D eigenvalue weighted by Gasteiger charge is -2.28. The molecule has 0 bridgehead atoms. The lowest BCUT2D eigenvalue weighted by molar-refractivity contribution is -0.129. The molecule has 1 aromatic heterocycles. The number of rotatable bonds is 9. The van der Waals surface area contributed by atoms with Gasteiger partial charge < -0.3 is 14.4 Å². The summed E-state index contributed by atoms with van der Waals surface area (Å²) in [5.74, 6) is 2.58. The number of methoxy groups -OCH3 is 1. The van der Waals surface area contributed by atoms with Crippen LogP contribution < -0.4 is 9.47 Å². The Hall–Kier alpha value is -3.26. The monoisotopic (exact) mass is 464 g/mol. The smallest absolute Gasteiger partial charge is 0.233 e. The maximum atomic E-state index is 12.9. The van der Waals surface area contributed by atoms with Gasteiger partial charge in [0.25, 0.3) is 0 Å². The molecule has 0 aliphatic carbocycles. The van der Waals surface area contributed by atoms with Crippen molar-refractivity contribution in [1.82, 2.24) is 19.7 Å². The number of ether oxygens (including phenoxy) is 2. The van der Waals surface area contributed by atoms with Gasteiger partial charge in [0.05, 0.1) is 12.9 Å². The Morgan fingerprint density at radius 1 is 1.15 bits per heavy atom. The molecule has 0 N–H and O–H groups in total. The molecule has 0 saturated carbocycles. The molecule has 1 amide bonds. The molecule has 4 rings (SSSR count). The minimum atomic E-state index is -0.325. The Morgan fingerprint density at radius 2 is 1.88 bits per heavy atom. The van der Waals surface area contributed by atoms with Crippen LogP contribution in [0.2, 0.25) is 0 Å². The van der Waals surface area contributed by atoms with Crippen molar-refractivity contribution in [3.8, 4) is 11.5 Å². The fraction of sp³-hybridized carbons (Fsp3) is 0.320. The second kappa shape index (κ2) is 10.6. The van der Waals surface area contributed by atoms with Crippen LogP contribution in [0.5, 0.6) is 11.5 Å². The molecule has 0 spiro atoms. The van der Waals surface area contributed by atoms with Crippen LogP contribution in [0.25, 0.3) is 0 Å². The van der Waals surface area contributed by atoms with Gasteiger partial charge in [-0.1, -0.05) is 42.1 Å². The average Bonchev–Trinajstić information content (AvgIpc) is 3.25. The molecule has 2 aromatic carbocycles. The molecular weight excluding hydrogens is 436 g/mol. The highest BCUT2D eigenvalue weighted by Gasteiger charge is 2.23. The van der Waals surface area contributed by atoms with Gasteiger partial charge in [-0.05, 0) is 48.7 Å². The molecule has 8 heteroatoms. The summed E-state index contributed by atoms with van der Waals surface area (Å²) in [6.07, 6.45) is 2.36. The zero-order valence-electron chi connectivity index (χ0n) is 18.9. The van der Waals surface area contributed by atoms with Gasteiger partial charge in [-0.15, -0.1) is 16.8 Å². The number of hydrogen-bond donors (Lipinski definition) is 0. The molecule has 1 atom stereocenters.